The second-order valence-electron chi connectivity index (χ2n) is 7.20. The lowest BCUT2D eigenvalue weighted by molar-refractivity contribution is -0.119. The lowest BCUT2D eigenvalue weighted by Gasteiger charge is -2.13. The van der Waals surface area contributed by atoms with E-state index in [0.29, 0.717) is 24.2 Å². The van der Waals surface area contributed by atoms with Crippen molar-refractivity contribution in [3.8, 4) is 0 Å². The number of rotatable bonds is 11. The van der Waals surface area contributed by atoms with E-state index in [1.165, 1.54) is 18.4 Å². The molecule has 2 amide bonds. The van der Waals surface area contributed by atoms with Crippen LogP contribution in [0, 0.1) is 0 Å². The molecule has 6 heteroatoms. The Labute approximate surface area is 184 Å². The van der Waals surface area contributed by atoms with E-state index >= 15 is 0 Å². The van der Waals surface area contributed by atoms with E-state index in [1.54, 1.807) is 18.2 Å². The van der Waals surface area contributed by atoms with E-state index in [-0.39, 0.29) is 16.9 Å². The minimum absolute atomic E-state index is 0.103. The van der Waals surface area contributed by atoms with Crippen LogP contribution in [-0.2, 0) is 11.2 Å². The molecular formula is C24H31N3O2S. The molecule has 0 spiro atoms. The SMILES string of the molecule is CCCCCCCC(=O)NC(=S)Nc1ccccc1C(=O)NCCc1ccccc1. The van der Waals surface area contributed by atoms with Gasteiger partial charge in [-0.3, -0.25) is 9.59 Å². The van der Waals surface area contributed by atoms with Gasteiger partial charge in [0.2, 0.25) is 5.91 Å². The van der Waals surface area contributed by atoms with Crippen LogP contribution in [0.4, 0.5) is 5.69 Å². The third-order valence-electron chi connectivity index (χ3n) is 4.72. The standard InChI is InChI=1S/C24H31N3O2S/c1-2-3-4-5-9-16-22(28)27-24(30)26-21-15-11-10-14-20(21)23(29)25-18-17-19-12-7-6-8-13-19/h6-8,10-15H,2-5,9,16-18H2,1H3,(H,25,29)(H2,26,27,28,30). The first-order chi connectivity index (χ1) is 14.6. The molecule has 30 heavy (non-hydrogen) atoms. The molecular weight excluding hydrogens is 394 g/mol. The summed E-state index contributed by atoms with van der Waals surface area (Å²) in [7, 11) is 0. The average Bonchev–Trinajstić information content (AvgIpc) is 2.74. The van der Waals surface area contributed by atoms with Crippen LogP contribution >= 0.6 is 12.2 Å². The van der Waals surface area contributed by atoms with Crippen molar-refractivity contribution >= 4 is 34.8 Å². The first-order valence-electron chi connectivity index (χ1n) is 10.6. The molecule has 0 aliphatic rings. The second-order valence-corrected chi connectivity index (χ2v) is 7.61. The third kappa shape index (κ3) is 8.74. The van der Waals surface area contributed by atoms with Gasteiger partial charge in [-0.15, -0.1) is 0 Å². The molecule has 0 atom stereocenters. The molecule has 0 saturated carbocycles. The third-order valence-corrected chi connectivity index (χ3v) is 4.93. The van der Waals surface area contributed by atoms with Gasteiger partial charge in [-0.25, -0.2) is 0 Å². The van der Waals surface area contributed by atoms with Gasteiger partial charge in [0.15, 0.2) is 5.11 Å². The number of carbonyl (C=O) groups excluding carboxylic acids is 2. The van der Waals surface area contributed by atoms with Crippen LogP contribution in [0.1, 0.15) is 61.4 Å². The molecule has 0 bridgehead atoms. The van der Waals surface area contributed by atoms with E-state index in [1.807, 2.05) is 36.4 Å². The number of hydrogen-bond acceptors (Lipinski definition) is 3. The largest absolute Gasteiger partial charge is 0.352 e. The van der Waals surface area contributed by atoms with Gasteiger partial charge in [-0.1, -0.05) is 75.1 Å². The molecule has 5 nitrogen and oxygen atoms in total. The molecule has 0 aliphatic carbocycles. The fourth-order valence-electron chi connectivity index (χ4n) is 3.08. The van der Waals surface area contributed by atoms with Crippen molar-refractivity contribution in [1.82, 2.24) is 10.6 Å². The smallest absolute Gasteiger partial charge is 0.253 e. The molecule has 0 saturated heterocycles. The zero-order valence-electron chi connectivity index (χ0n) is 17.6. The summed E-state index contributed by atoms with van der Waals surface area (Å²) in [5.74, 6) is -0.284. The van der Waals surface area contributed by atoms with Crippen molar-refractivity contribution in [2.24, 2.45) is 0 Å². The summed E-state index contributed by atoms with van der Waals surface area (Å²) >= 11 is 5.26. The van der Waals surface area contributed by atoms with Crippen molar-refractivity contribution in [1.29, 1.82) is 0 Å². The minimum atomic E-state index is -0.181. The second kappa shape index (κ2) is 13.5. The van der Waals surface area contributed by atoms with Crippen LogP contribution in [0.2, 0.25) is 0 Å². The minimum Gasteiger partial charge on any atom is -0.352 e. The highest BCUT2D eigenvalue weighted by Crippen LogP contribution is 2.15. The number of amides is 2. The van der Waals surface area contributed by atoms with Gasteiger partial charge >= 0.3 is 0 Å². The van der Waals surface area contributed by atoms with Crippen molar-refractivity contribution in [2.75, 3.05) is 11.9 Å². The number of unbranched alkanes of at least 4 members (excludes halogenated alkanes) is 4. The van der Waals surface area contributed by atoms with Crippen LogP contribution in [-0.4, -0.2) is 23.5 Å². The predicted molar refractivity (Wildman–Crippen MR) is 127 cm³/mol. The summed E-state index contributed by atoms with van der Waals surface area (Å²) < 4.78 is 0. The van der Waals surface area contributed by atoms with Gasteiger partial charge in [-0.05, 0) is 42.8 Å². The van der Waals surface area contributed by atoms with Crippen LogP contribution in [0.3, 0.4) is 0 Å². The maximum absolute atomic E-state index is 12.6. The Morgan fingerprint density at radius 3 is 2.37 bits per heavy atom. The Hall–Kier alpha value is -2.73. The summed E-state index contributed by atoms with van der Waals surface area (Å²) in [5.41, 5.74) is 2.23. The van der Waals surface area contributed by atoms with Gasteiger partial charge in [-0.2, -0.15) is 0 Å². The summed E-state index contributed by atoms with van der Waals surface area (Å²) in [4.78, 5) is 24.7. The fraction of sp³-hybridized carbons (Fsp3) is 0.375. The lowest BCUT2D eigenvalue weighted by Crippen LogP contribution is -2.35. The van der Waals surface area contributed by atoms with Gasteiger partial charge in [0.05, 0.1) is 11.3 Å². The Morgan fingerprint density at radius 2 is 1.60 bits per heavy atom. The maximum atomic E-state index is 12.6. The van der Waals surface area contributed by atoms with Crippen LogP contribution in [0.5, 0.6) is 0 Å². The highest BCUT2D eigenvalue weighted by atomic mass is 32.1. The number of para-hydroxylation sites is 1. The molecule has 2 aromatic carbocycles. The van der Waals surface area contributed by atoms with E-state index in [2.05, 4.69) is 22.9 Å². The molecule has 0 radical (unpaired) electrons. The Kier molecular flexibility index (Phi) is 10.6. The topological polar surface area (TPSA) is 70.2 Å². The predicted octanol–water partition coefficient (Wildman–Crippen LogP) is 4.83. The van der Waals surface area contributed by atoms with E-state index in [9.17, 15) is 9.59 Å². The first-order valence-corrected chi connectivity index (χ1v) is 11.0. The van der Waals surface area contributed by atoms with Gasteiger partial charge in [0.25, 0.3) is 5.91 Å². The molecule has 0 unspecified atom stereocenters. The monoisotopic (exact) mass is 425 g/mol. The number of benzene rings is 2. The highest BCUT2D eigenvalue weighted by Gasteiger charge is 2.12. The number of carbonyl (C=O) groups is 2. The zero-order valence-corrected chi connectivity index (χ0v) is 18.4. The van der Waals surface area contributed by atoms with Crippen molar-refractivity contribution in [3.63, 3.8) is 0 Å². The Morgan fingerprint density at radius 1 is 0.900 bits per heavy atom. The molecule has 3 N–H and O–H groups in total. The first kappa shape index (κ1) is 23.5. The summed E-state index contributed by atoms with van der Waals surface area (Å²) in [6.07, 6.45) is 6.65. The molecule has 2 rings (SSSR count). The van der Waals surface area contributed by atoms with Gasteiger partial charge < -0.3 is 16.0 Å². The van der Waals surface area contributed by atoms with E-state index in [0.717, 1.165) is 25.7 Å². The quantitative estimate of drug-likeness (QED) is 0.356. The molecule has 2 aromatic rings. The highest BCUT2D eigenvalue weighted by molar-refractivity contribution is 7.80. The summed E-state index contributed by atoms with van der Waals surface area (Å²) in [6, 6.07) is 17.1. The van der Waals surface area contributed by atoms with E-state index < -0.39 is 0 Å². The Balaban J connectivity index is 1.81. The molecule has 0 heterocycles. The van der Waals surface area contributed by atoms with Crippen LogP contribution in [0.25, 0.3) is 0 Å². The lowest BCUT2D eigenvalue weighted by atomic mass is 10.1. The Bertz CT molecular complexity index is 824. The molecule has 160 valence electrons. The number of nitrogens with one attached hydrogen (secondary N) is 3. The zero-order chi connectivity index (χ0) is 21.6. The molecule has 0 fully saturated rings. The average molecular weight is 426 g/mol. The molecule has 0 aliphatic heterocycles. The fourth-order valence-corrected chi connectivity index (χ4v) is 3.31. The van der Waals surface area contributed by atoms with Crippen LogP contribution in [0.15, 0.2) is 54.6 Å². The number of anilines is 1. The van der Waals surface area contributed by atoms with Gasteiger partial charge in [0.1, 0.15) is 0 Å². The van der Waals surface area contributed by atoms with E-state index in [4.69, 9.17) is 12.2 Å². The van der Waals surface area contributed by atoms with Crippen molar-refractivity contribution < 1.29 is 9.59 Å². The number of thiocarbonyl (C=S) groups is 1. The maximum Gasteiger partial charge on any atom is 0.253 e. The van der Waals surface area contributed by atoms with Crippen molar-refractivity contribution in [3.05, 3.63) is 65.7 Å². The van der Waals surface area contributed by atoms with Gasteiger partial charge in [0, 0.05) is 13.0 Å². The summed E-state index contributed by atoms with van der Waals surface area (Å²) in [6.45, 7) is 2.70. The van der Waals surface area contributed by atoms with Crippen molar-refractivity contribution in [2.45, 2.75) is 51.9 Å². The normalized spacial score (nSPS) is 10.3. The summed E-state index contributed by atoms with van der Waals surface area (Å²) in [5, 5.41) is 8.82. The molecule has 0 aromatic heterocycles. The van der Waals surface area contributed by atoms with Crippen LogP contribution < -0.4 is 16.0 Å². The number of hydrogen-bond donors (Lipinski definition) is 3.